The van der Waals surface area contributed by atoms with Gasteiger partial charge in [0.25, 0.3) is 0 Å². The van der Waals surface area contributed by atoms with Crippen LogP contribution < -0.4 is 20.1 Å². The van der Waals surface area contributed by atoms with E-state index >= 15 is 0 Å². The average molecular weight is 613 g/mol. The first-order chi connectivity index (χ1) is 20.1. The Morgan fingerprint density at radius 2 is 1.83 bits per heavy atom. The van der Waals surface area contributed by atoms with Crippen molar-refractivity contribution in [3.8, 4) is 5.88 Å². The van der Waals surface area contributed by atoms with Gasteiger partial charge in [0.2, 0.25) is 5.88 Å². The molecule has 7 atom stereocenters. The number of nitrogens with one attached hydrogen (secondary N) is 3. The molecule has 7 nitrogen and oxygen atoms in total. The summed E-state index contributed by atoms with van der Waals surface area (Å²) >= 11 is 1.88. The third-order valence-corrected chi connectivity index (χ3v) is 12.0. The van der Waals surface area contributed by atoms with E-state index in [-0.39, 0.29) is 43.7 Å². The number of nitrogens with zero attached hydrogens (tertiary/aromatic N) is 3. The summed E-state index contributed by atoms with van der Waals surface area (Å²) in [6.45, 7) is 8.10. The first kappa shape index (κ1) is 31.0. The predicted molar refractivity (Wildman–Crippen MR) is 161 cm³/mol. The van der Waals surface area contributed by atoms with Gasteiger partial charge in [-0.3, -0.25) is 19.6 Å². The molecule has 1 aliphatic carbocycles. The number of hydrogen-bond acceptors (Lipinski definition) is 7. The van der Waals surface area contributed by atoms with Crippen molar-refractivity contribution in [3.05, 3.63) is 12.3 Å². The Labute approximate surface area is 254 Å². The van der Waals surface area contributed by atoms with Gasteiger partial charge in [-0.25, -0.2) is 0 Å². The topological polar surface area (TPSA) is 66.4 Å². The maximum absolute atomic E-state index is 13.3. The summed E-state index contributed by atoms with van der Waals surface area (Å²) < 4.78 is 51.3. The summed E-state index contributed by atoms with van der Waals surface area (Å²) in [6.07, 6.45) is 11.0. The summed E-state index contributed by atoms with van der Waals surface area (Å²) in [5.41, 5.74) is -1.42. The number of hydrogen-bond donors (Lipinski definition) is 3. The molecule has 5 aliphatic heterocycles. The van der Waals surface area contributed by atoms with E-state index in [9.17, 15) is 13.2 Å². The van der Waals surface area contributed by atoms with Crippen LogP contribution >= 0.6 is 11.9 Å². The van der Waals surface area contributed by atoms with Crippen LogP contribution in [0.3, 0.4) is 0 Å². The molecule has 7 unspecified atom stereocenters. The Kier molecular flexibility index (Phi) is 9.43. The van der Waals surface area contributed by atoms with Crippen LogP contribution in [0.1, 0.15) is 103 Å². The maximum atomic E-state index is 13.3. The van der Waals surface area contributed by atoms with E-state index in [0.29, 0.717) is 17.2 Å². The molecule has 4 bridgehead atoms. The second kappa shape index (κ2) is 12.8. The zero-order chi connectivity index (χ0) is 29.4. The fraction of sp³-hybridized carbons (Fsp3) is 0.903. The molecule has 6 heterocycles. The fourth-order valence-corrected chi connectivity index (χ4v) is 9.04. The molecular formula is C31H51F3N6OS. The lowest BCUT2D eigenvalue weighted by Gasteiger charge is -2.47. The number of aromatic nitrogens is 2. The molecule has 0 spiro atoms. The van der Waals surface area contributed by atoms with Gasteiger partial charge in [0.15, 0.2) is 0 Å². The van der Waals surface area contributed by atoms with Crippen molar-refractivity contribution >= 4 is 11.9 Å². The van der Waals surface area contributed by atoms with E-state index in [0.717, 1.165) is 44.3 Å². The number of alkyl halides is 3. The highest BCUT2D eigenvalue weighted by Gasteiger charge is 2.62. The van der Waals surface area contributed by atoms with Crippen molar-refractivity contribution < 1.29 is 17.9 Å². The summed E-state index contributed by atoms with van der Waals surface area (Å²) in [6, 6.07) is 1.79. The minimum atomic E-state index is -4.15. The van der Waals surface area contributed by atoms with E-state index in [4.69, 9.17) is 4.74 Å². The van der Waals surface area contributed by atoms with Gasteiger partial charge in [0.1, 0.15) is 6.17 Å². The standard InChI is InChI=1S/C31H51F3N6OS/c1-29(2)18-23-7-5-3-4-6-22-8-11-27(35-19-22)42-36-20-24-9-10-25(37-28(24)39(29)21-23)40-16-12-26(38-40)41-17-15-30(13-14-30)31(32,33)34/h12,16,22-25,27-28,35-37H,3-11,13-15,17-21H2,1-2H3. The Hall–Kier alpha value is -1.01. The molecule has 6 aliphatic rings. The third kappa shape index (κ3) is 7.11. The lowest BCUT2D eigenvalue weighted by atomic mass is 9.89. The molecule has 1 saturated carbocycles. The molecule has 3 N–H and O–H groups in total. The molecule has 1 aromatic heterocycles. The van der Waals surface area contributed by atoms with E-state index in [1.807, 2.05) is 22.8 Å². The smallest absolute Gasteiger partial charge is 0.394 e. The molecule has 7 rings (SSSR count). The number of fused-ring (bicyclic) bond motifs is 8. The molecule has 0 aromatic carbocycles. The molecule has 42 heavy (non-hydrogen) atoms. The second-order valence-corrected chi connectivity index (χ2v) is 15.5. The zero-order valence-electron chi connectivity index (χ0n) is 25.4. The van der Waals surface area contributed by atoms with Crippen molar-refractivity contribution in [1.82, 2.24) is 30.0 Å². The molecule has 0 amide bonds. The van der Waals surface area contributed by atoms with E-state index in [2.05, 4.69) is 39.2 Å². The average Bonchev–Trinajstić information content (AvgIpc) is 3.50. The number of ether oxygens (including phenoxy) is 1. The van der Waals surface area contributed by atoms with Crippen LogP contribution in [-0.2, 0) is 0 Å². The summed E-state index contributed by atoms with van der Waals surface area (Å²) in [5.74, 6) is 2.45. The molecule has 6 fully saturated rings. The van der Waals surface area contributed by atoms with Crippen LogP contribution in [0, 0.1) is 23.2 Å². The van der Waals surface area contributed by atoms with Crippen LogP contribution in [0.15, 0.2) is 12.3 Å². The highest BCUT2D eigenvalue weighted by Crippen LogP contribution is 2.59. The molecule has 0 radical (unpaired) electrons. The summed E-state index contributed by atoms with van der Waals surface area (Å²) in [4.78, 5) is 2.73. The number of rotatable bonds is 5. The lowest BCUT2D eigenvalue weighted by molar-refractivity contribution is -0.190. The maximum Gasteiger partial charge on any atom is 0.394 e. The first-order valence-corrected chi connectivity index (χ1v) is 17.4. The van der Waals surface area contributed by atoms with Crippen molar-refractivity contribution in [2.45, 2.75) is 127 Å². The summed E-state index contributed by atoms with van der Waals surface area (Å²) in [7, 11) is 0. The lowest BCUT2D eigenvalue weighted by Crippen LogP contribution is -2.60. The van der Waals surface area contributed by atoms with Gasteiger partial charge in [-0.2, -0.15) is 13.2 Å². The third-order valence-electron chi connectivity index (χ3n) is 10.9. The van der Waals surface area contributed by atoms with Crippen LogP contribution in [0.5, 0.6) is 5.88 Å². The van der Waals surface area contributed by atoms with E-state index in [1.165, 1.54) is 51.4 Å². The van der Waals surface area contributed by atoms with Crippen molar-refractivity contribution in [2.75, 3.05) is 26.2 Å². The van der Waals surface area contributed by atoms with Gasteiger partial charge < -0.3 is 10.1 Å². The minimum absolute atomic E-state index is 0.00196. The number of halogens is 3. The van der Waals surface area contributed by atoms with E-state index < -0.39 is 11.6 Å². The van der Waals surface area contributed by atoms with Gasteiger partial charge in [-0.1, -0.05) is 31.2 Å². The predicted octanol–water partition coefficient (Wildman–Crippen LogP) is 6.45. The Balaban J connectivity index is 1.11. The first-order valence-electron chi connectivity index (χ1n) is 16.5. The van der Waals surface area contributed by atoms with E-state index in [1.54, 1.807) is 6.07 Å². The molecular weight excluding hydrogens is 561 g/mol. The SMILES string of the molecule is CC1(C)CC2CCCCCC3CCC(NC3)SNCC3CCC(n4ccc(OCCC5(C(F)(F)F)CC5)n4)NC3N1C2. The van der Waals surface area contributed by atoms with Crippen molar-refractivity contribution in [1.29, 1.82) is 0 Å². The van der Waals surface area contributed by atoms with Gasteiger partial charge in [0, 0.05) is 36.8 Å². The summed E-state index contributed by atoms with van der Waals surface area (Å²) in [5, 5.41) is 12.9. The van der Waals surface area contributed by atoms with Crippen LogP contribution in [0.2, 0.25) is 0 Å². The normalized spacial score (nSPS) is 37.1. The number of piperidine rings is 2. The monoisotopic (exact) mass is 612 g/mol. The van der Waals surface area contributed by atoms with Gasteiger partial charge in [-0.05, 0) is 96.4 Å². The second-order valence-electron chi connectivity index (χ2n) is 14.5. The minimum Gasteiger partial charge on any atom is -0.477 e. The van der Waals surface area contributed by atoms with Gasteiger partial charge in [-0.15, -0.1) is 5.10 Å². The fourth-order valence-electron chi connectivity index (χ4n) is 8.09. The molecule has 5 saturated heterocycles. The van der Waals surface area contributed by atoms with Crippen molar-refractivity contribution in [2.24, 2.45) is 23.2 Å². The largest absolute Gasteiger partial charge is 0.477 e. The quantitative estimate of drug-likeness (QED) is 0.331. The molecule has 11 heteroatoms. The van der Waals surface area contributed by atoms with Gasteiger partial charge in [0.05, 0.1) is 23.6 Å². The molecule has 1 aromatic rings. The Morgan fingerprint density at radius 1 is 1.02 bits per heavy atom. The van der Waals surface area contributed by atoms with Crippen LogP contribution in [0.25, 0.3) is 0 Å². The van der Waals surface area contributed by atoms with Crippen molar-refractivity contribution in [3.63, 3.8) is 0 Å². The zero-order valence-corrected chi connectivity index (χ0v) is 26.2. The Morgan fingerprint density at radius 3 is 2.57 bits per heavy atom. The van der Waals surface area contributed by atoms with Crippen LogP contribution in [0.4, 0.5) is 13.2 Å². The highest BCUT2D eigenvalue weighted by molar-refractivity contribution is 7.98. The Bertz CT molecular complexity index is 1020. The van der Waals surface area contributed by atoms with Crippen LogP contribution in [-0.4, -0.2) is 64.2 Å². The van der Waals surface area contributed by atoms with Gasteiger partial charge >= 0.3 is 6.18 Å². The highest BCUT2D eigenvalue weighted by atomic mass is 32.2. The molecule has 238 valence electrons.